The summed E-state index contributed by atoms with van der Waals surface area (Å²) in [6, 6.07) is 18.9. The summed E-state index contributed by atoms with van der Waals surface area (Å²) >= 11 is 0. The Morgan fingerprint density at radius 2 is 1.56 bits per heavy atom. The summed E-state index contributed by atoms with van der Waals surface area (Å²) in [5, 5.41) is 6.78. The number of pyridine rings is 2. The van der Waals surface area contributed by atoms with Crippen molar-refractivity contribution in [2.24, 2.45) is 12.5 Å². The Morgan fingerprint density at radius 3 is 2.26 bits per heavy atom. The van der Waals surface area contributed by atoms with Crippen molar-refractivity contribution in [2.75, 3.05) is 0 Å². The van der Waals surface area contributed by atoms with E-state index in [4.69, 9.17) is 0 Å². The molecular formula is C32H35N2+. The first kappa shape index (κ1) is 21.4. The van der Waals surface area contributed by atoms with Gasteiger partial charge in [-0.15, -0.1) is 0 Å². The van der Waals surface area contributed by atoms with Crippen molar-refractivity contribution in [1.82, 2.24) is 4.40 Å². The number of benzene rings is 3. The molecule has 2 nitrogen and oxygen atoms in total. The van der Waals surface area contributed by atoms with Gasteiger partial charge >= 0.3 is 0 Å². The van der Waals surface area contributed by atoms with Crippen LogP contribution in [0.4, 0.5) is 0 Å². The van der Waals surface area contributed by atoms with Gasteiger partial charge in [-0.3, -0.25) is 0 Å². The molecule has 0 aliphatic carbocycles. The number of aromatic nitrogens is 2. The van der Waals surface area contributed by atoms with Crippen LogP contribution in [0.5, 0.6) is 0 Å². The van der Waals surface area contributed by atoms with E-state index in [1.165, 1.54) is 65.7 Å². The highest BCUT2D eigenvalue weighted by Gasteiger charge is 2.25. The molecule has 3 aromatic carbocycles. The van der Waals surface area contributed by atoms with Gasteiger partial charge in [0.05, 0.1) is 27.3 Å². The third-order valence-electron chi connectivity index (χ3n) is 7.49. The second-order valence-corrected chi connectivity index (χ2v) is 12.6. The molecule has 0 unspecified atom stereocenters. The largest absolute Gasteiger partial charge is 0.307 e. The molecular weight excluding hydrogens is 412 g/mol. The normalized spacial score (nSPS) is 13.4. The van der Waals surface area contributed by atoms with Crippen LogP contribution in [-0.4, -0.2) is 4.40 Å². The lowest BCUT2D eigenvalue weighted by molar-refractivity contribution is -0.643. The Bertz CT molecular complexity index is 1750. The van der Waals surface area contributed by atoms with Gasteiger partial charge in [-0.2, -0.15) is 0 Å². The minimum atomic E-state index is 0.117. The zero-order valence-corrected chi connectivity index (χ0v) is 21.8. The first-order chi connectivity index (χ1) is 15.9. The monoisotopic (exact) mass is 447 g/mol. The van der Waals surface area contributed by atoms with Crippen LogP contribution >= 0.6 is 0 Å². The molecule has 34 heavy (non-hydrogen) atoms. The van der Waals surface area contributed by atoms with Crippen molar-refractivity contribution in [1.29, 1.82) is 0 Å². The molecule has 0 aliphatic heterocycles. The Kier molecular flexibility index (Phi) is 4.23. The molecule has 6 rings (SSSR count). The van der Waals surface area contributed by atoms with Crippen molar-refractivity contribution in [3.8, 4) is 0 Å². The smallest absolute Gasteiger partial charge is 0.224 e. The summed E-state index contributed by atoms with van der Waals surface area (Å²) in [5.74, 6) is 0. The zero-order valence-electron chi connectivity index (χ0n) is 21.8. The Labute approximate surface area is 202 Å². The van der Waals surface area contributed by atoms with Crippen LogP contribution in [-0.2, 0) is 18.9 Å². The van der Waals surface area contributed by atoms with Gasteiger partial charge in [0, 0.05) is 16.8 Å². The summed E-state index contributed by atoms with van der Waals surface area (Å²) in [4.78, 5) is 0. The highest BCUT2D eigenvalue weighted by atomic mass is 15.0. The van der Waals surface area contributed by atoms with Crippen molar-refractivity contribution in [2.45, 2.75) is 60.3 Å². The van der Waals surface area contributed by atoms with E-state index in [1.807, 2.05) is 0 Å². The van der Waals surface area contributed by atoms with E-state index in [9.17, 15) is 0 Å². The number of rotatable bonds is 1. The Balaban J connectivity index is 1.91. The molecule has 3 aromatic heterocycles. The van der Waals surface area contributed by atoms with Gasteiger partial charge < -0.3 is 4.40 Å². The molecule has 0 atom stereocenters. The predicted octanol–water partition coefficient (Wildman–Crippen LogP) is 8.01. The SMILES string of the molecule is Cc1ccc2c3cc(C(C)(C)C)ccc3n3c4cc(CC(C)(C)C)cc5cc[n+](C)c(c1c23)c54. The second kappa shape index (κ2) is 6.72. The summed E-state index contributed by atoms with van der Waals surface area (Å²) in [6.45, 7) is 16.2. The fourth-order valence-electron chi connectivity index (χ4n) is 5.96. The summed E-state index contributed by atoms with van der Waals surface area (Å²) < 4.78 is 4.87. The lowest BCUT2D eigenvalue weighted by atomic mass is 9.86. The molecule has 0 spiro atoms. The third-order valence-corrected chi connectivity index (χ3v) is 7.49. The lowest BCUT2D eigenvalue weighted by Gasteiger charge is -2.20. The van der Waals surface area contributed by atoms with Gasteiger partial charge in [0.15, 0.2) is 6.20 Å². The molecule has 6 aromatic rings. The first-order valence-electron chi connectivity index (χ1n) is 12.5. The minimum Gasteiger partial charge on any atom is -0.307 e. The molecule has 0 saturated heterocycles. The van der Waals surface area contributed by atoms with Gasteiger partial charge in [-0.25, -0.2) is 4.57 Å². The predicted molar refractivity (Wildman–Crippen MR) is 146 cm³/mol. The molecule has 0 N–H and O–H groups in total. The summed E-state index contributed by atoms with van der Waals surface area (Å²) in [7, 11) is 2.19. The Hall–Kier alpha value is -3.13. The molecule has 0 fully saturated rings. The van der Waals surface area contributed by atoms with E-state index in [0.717, 1.165) is 6.42 Å². The van der Waals surface area contributed by atoms with E-state index >= 15 is 0 Å². The van der Waals surface area contributed by atoms with E-state index in [0.29, 0.717) is 0 Å². The van der Waals surface area contributed by atoms with E-state index in [-0.39, 0.29) is 10.8 Å². The van der Waals surface area contributed by atoms with Crippen LogP contribution in [0, 0.1) is 12.3 Å². The summed E-state index contributed by atoms with van der Waals surface area (Å²) in [5.41, 5.74) is 9.80. The van der Waals surface area contributed by atoms with Crippen LogP contribution < -0.4 is 4.57 Å². The molecule has 172 valence electrons. The highest BCUT2D eigenvalue weighted by molar-refractivity contribution is 6.25. The van der Waals surface area contributed by atoms with E-state index in [1.54, 1.807) is 0 Å². The summed E-state index contributed by atoms with van der Waals surface area (Å²) in [6.07, 6.45) is 3.29. The third kappa shape index (κ3) is 2.97. The molecule has 0 saturated carbocycles. The van der Waals surface area contributed by atoms with E-state index < -0.39 is 0 Å². The van der Waals surface area contributed by atoms with Crippen LogP contribution in [0.25, 0.3) is 49.0 Å². The zero-order chi connectivity index (χ0) is 24.2. The van der Waals surface area contributed by atoms with Crippen LogP contribution in [0.1, 0.15) is 58.2 Å². The fourth-order valence-corrected chi connectivity index (χ4v) is 5.96. The van der Waals surface area contributed by atoms with Crippen molar-refractivity contribution in [3.63, 3.8) is 0 Å². The topological polar surface area (TPSA) is 8.29 Å². The maximum absolute atomic E-state index is 2.56. The molecule has 0 bridgehead atoms. The van der Waals surface area contributed by atoms with Crippen LogP contribution in [0.3, 0.4) is 0 Å². The van der Waals surface area contributed by atoms with Crippen molar-refractivity contribution < 1.29 is 4.57 Å². The number of nitrogens with zero attached hydrogens (tertiary/aromatic N) is 2. The Morgan fingerprint density at radius 1 is 0.794 bits per heavy atom. The standard InChI is InChI=1S/C32H35N2/c1-19-9-11-23-24-17-22(32(5,6)7)10-12-25(24)34-26-16-20(18-31(2,3)4)15-21-13-14-33(8)30(28(21)26)27(19)29(23)34/h9-17H,18H2,1-8H3/q+1. The van der Waals surface area contributed by atoms with Crippen LogP contribution in [0.15, 0.2) is 54.7 Å². The minimum absolute atomic E-state index is 0.117. The molecule has 0 aliphatic rings. The van der Waals surface area contributed by atoms with Gasteiger partial charge in [-0.1, -0.05) is 65.8 Å². The molecule has 0 amide bonds. The molecule has 0 radical (unpaired) electrons. The van der Waals surface area contributed by atoms with Gasteiger partial charge in [0.1, 0.15) is 7.05 Å². The first-order valence-corrected chi connectivity index (χ1v) is 12.5. The maximum Gasteiger partial charge on any atom is 0.224 e. The average molecular weight is 448 g/mol. The second-order valence-electron chi connectivity index (χ2n) is 12.6. The highest BCUT2D eigenvalue weighted by Crippen LogP contribution is 2.42. The van der Waals surface area contributed by atoms with Crippen molar-refractivity contribution >= 4 is 49.0 Å². The van der Waals surface area contributed by atoms with Gasteiger partial charge in [0.2, 0.25) is 5.52 Å². The maximum atomic E-state index is 2.56. The van der Waals surface area contributed by atoms with Gasteiger partial charge in [0.25, 0.3) is 0 Å². The van der Waals surface area contributed by atoms with Crippen molar-refractivity contribution in [3.05, 3.63) is 71.4 Å². The average Bonchev–Trinajstić information content (AvgIpc) is 3.06. The fraction of sp³-hybridized carbons (Fsp3) is 0.344. The number of hydrogen-bond donors (Lipinski definition) is 0. The molecule has 2 heteroatoms. The lowest BCUT2D eigenvalue weighted by Crippen LogP contribution is -2.29. The number of hydrogen-bond acceptors (Lipinski definition) is 0. The quantitative estimate of drug-likeness (QED) is 0.137. The van der Waals surface area contributed by atoms with E-state index in [2.05, 4.69) is 119 Å². The number of aryl methyl sites for hydroxylation is 2. The van der Waals surface area contributed by atoms with Crippen LogP contribution in [0.2, 0.25) is 0 Å². The van der Waals surface area contributed by atoms with Gasteiger partial charge in [-0.05, 0) is 64.5 Å². The molecule has 3 heterocycles. The number of fused-ring (bicyclic) bond motifs is 5.